The number of ether oxygens (including phenoxy) is 1. The number of hydrogen-bond acceptors (Lipinski definition) is 4. The van der Waals surface area contributed by atoms with E-state index in [1.165, 1.54) is 23.8 Å². The number of benzene rings is 3. The maximum absolute atomic E-state index is 15.4. The first-order chi connectivity index (χ1) is 16.3. The van der Waals surface area contributed by atoms with Crippen molar-refractivity contribution in [2.45, 2.75) is 38.3 Å². The van der Waals surface area contributed by atoms with E-state index in [1.54, 1.807) is 30.2 Å². The number of anilines is 2. The molecule has 1 fully saturated rings. The fraction of sp³-hybridized carbons (Fsp3) is 0.250. The van der Waals surface area contributed by atoms with E-state index in [1.807, 2.05) is 13.0 Å². The van der Waals surface area contributed by atoms with E-state index < -0.39 is 11.7 Å². The number of aromatic carboxylic acids is 1. The largest absolute Gasteiger partial charge is 0.507 e. The molecule has 34 heavy (non-hydrogen) atoms. The number of rotatable bonds is 5. The summed E-state index contributed by atoms with van der Waals surface area (Å²) >= 11 is 0. The topological polar surface area (TPSA) is 70.0 Å². The van der Waals surface area contributed by atoms with Crippen LogP contribution in [0.3, 0.4) is 0 Å². The van der Waals surface area contributed by atoms with Gasteiger partial charge in [-0.05, 0) is 79.6 Å². The number of hydrogen-bond donors (Lipinski definition) is 2. The molecule has 1 unspecified atom stereocenters. The van der Waals surface area contributed by atoms with Crippen molar-refractivity contribution < 1.29 is 24.1 Å². The zero-order valence-electron chi connectivity index (χ0n) is 19.3. The molecule has 5 nitrogen and oxygen atoms in total. The van der Waals surface area contributed by atoms with Gasteiger partial charge in [-0.3, -0.25) is 0 Å². The molecule has 3 aromatic rings. The van der Waals surface area contributed by atoms with Crippen LogP contribution in [-0.4, -0.2) is 29.0 Å². The molecule has 5 rings (SSSR count). The summed E-state index contributed by atoms with van der Waals surface area (Å²) in [6, 6.07) is 15.4. The second-order valence-electron chi connectivity index (χ2n) is 9.07. The van der Waals surface area contributed by atoms with Gasteiger partial charge in [-0.1, -0.05) is 24.3 Å². The number of carboxylic acids is 1. The number of phenols is 1. The van der Waals surface area contributed by atoms with E-state index in [4.69, 9.17) is 4.74 Å². The Morgan fingerprint density at radius 3 is 2.56 bits per heavy atom. The highest BCUT2D eigenvalue weighted by molar-refractivity contribution is 6.01. The number of aromatic hydroxyl groups is 1. The minimum atomic E-state index is -1.22. The lowest BCUT2D eigenvalue weighted by Gasteiger charge is -2.37. The first-order valence-electron chi connectivity index (χ1n) is 11.3. The number of methoxy groups -OCH3 is 1. The summed E-state index contributed by atoms with van der Waals surface area (Å²) in [6.45, 7) is 3.91. The monoisotopic (exact) mass is 459 g/mol. The van der Waals surface area contributed by atoms with Crippen molar-refractivity contribution >= 4 is 29.0 Å². The second kappa shape index (κ2) is 7.99. The highest BCUT2D eigenvalue weighted by atomic mass is 19.1. The summed E-state index contributed by atoms with van der Waals surface area (Å²) in [5, 5.41) is 19.7. The Morgan fingerprint density at radius 2 is 1.91 bits per heavy atom. The number of carbonyl (C=O) groups is 1. The minimum Gasteiger partial charge on any atom is -0.507 e. The van der Waals surface area contributed by atoms with Crippen LogP contribution in [0.4, 0.5) is 15.8 Å². The molecule has 1 heterocycles. The average molecular weight is 460 g/mol. The summed E-state index contributed by atoms with van der Waals surface area (Å²) in [6.07, 6.45) is 4.32. The van der Waals surface area contributed by atoms with E-state index in [0.29, 0.717) is 28.4 Å². The molecule has 1 aliphatic heterocycles. The Balaban J connectivity index is 1.75. The van der Waals surface area contributed by atoms with Crippen LogP contribution < -0.4 is 4.90 Å². The Hall–Kier alpha value is -3.64. The smallest absolute Gasteiger partial charge is 0.339 e. The van der Waals surface area contributed by atoms with Crippen molar-refractivity contribution in [3.8, 4) is 5.75 Å². The van der Waals surface area contributed by atoms with Gasteiger partial charge in [0.2, 0.25) is 0 Å². The van der Waals surface area contributed by atoms with Gasteiger partial charge in [-0.25, -0.2) is 9.18 Å². The summed E-state index contributed by atoms with van der Waals surface area (Å²) < 4.78 is 21.4. The molecule has 0 bridgehead atoms. The van der Waals surface area contributed by atoms with Gasteiger partial charge in [0.15, 0.2) is 5.72 Å². The average Bonchev–Trinajstić information content (AvgIpc) is 3.60. The number of fused-ring (bicyclic) bond motifs is 1. The number of carboxylic acid groups (broad SMARTS) is 1. The molecule has 0 spiro atoms. The van der Waals surface area contributed by atoms with Crippen molar-refractivity contribution in [3.63, 3.8) is 0 Å². The molecule has 1 aliphatic carbocycles. The van der Waals surface area contributed by atoms with Crippen molar-refractivity contribution in [2.75, 3.05) is 12.0 Å². The highest BCUT2D eigenvalue weighted by Gasteiger charge is 2.47. The van der Waals surface area contributed by atoms with Gasteiger partial charge in [0.05, 0.1) is 5.69 Å². The van der Waals surface area contributed by atoms with Crippen LogP contribution in [-0.2, 0) is 4.74 Å². The molecule has 0 saturated heterocycles. The molecule has 1 saturated carbocycles. The third kappa shape index (κ3) is 3.37. The van der Waals surface area contributed by atoms with Crippen molar-refractivity contribution in [1.29, 1.82) is 0 Å². The lowest BCUT2D eigenvalue weighted by molar-refractivity contribution is 0.0680. The summed E-state index contributed by atoms with van der Waals surface area (Å²) in [5.41, 5.74) is 4.30. The van der Waals surface area contributed by atoms with Crippen LogP contribution in [0.1, 0.15) is 58.3 Å². The predicted octanol–water partition coefficient (Wildman–Crippen LogP) is 6.47. The molecule has 174 valence electrons. The molecule has 3 aromatic carbocycles. The zero-order valence-corrected chi connectivity index (χ0v) is 19.3. The Bertz CT molecular complexity index is 1340. The Morgan fingerprint density at radius 1 is 1.18 bits per heavy atom. The van der Waals surface area contributed by atoms with E-state index in [0.717, 1.165) is 24.0 Å². The highest BCUT2D eigenvalue weighted by Crippen LogP contribution is 2.54. The van der Waals surface area contributed by atoms with E-state index in [-0.39, 0.29) is 17.1 Å². The van der Waals surface area contributed by atoms with Crippen LogP contribution in [0.2, 0.25) is 0 Å². The molecule has 0 aromatic heterocycles. The SMILES string of the molecule is COC1(C)/C(=C\c2c(C)cccc2C2CC2)c2c(F)cccc2N1c1ccc(C(=O)O)c(O)c1. The lowest BCUT2D eigenvalue weighted by atomic mass is 9.91. The molecular formula is C28H26FNO4. The lowest BCUT2D eigenvalue weighted by Crippen LogP contribution is -2.42. The standard InChI is InChI=1S/C28H26FNO4/c1-16-6-4-7-19(17-10-11-17)21(16)15-22-26-23(29)8-5-9-24(26)30(28(22,2)34-3)18-12-13-20(27(32)33)25(31)14-18/h4-9,12-15,17,31H,10-11H2,1-3H3,(H,32,33)/b22-15-. The maximum Gasteiger partial charge on any atom is 0.339 e. The zero-order chi connectivity index (χ0) is 24.2. The third-order valence-electron chi connectivity index (χ3n) is 6.96. The van der Waals surface area contributed by atoms with E-state index >= 15 is 4.39 Å². The normalized spacial score (nSPS) is 20.6. The molecular weight excluding hydrogens is 433 g/mol. The van der Waals surface area contributed by atoms with Crippen LogP contribution in [0, 0.1) is 12.7 Å². The van der Waals surface area contributed by atoms with Gasteiger partial charge in [0, 0.05) is 30.0 Å². The Labute approximate surface area is 197 Å². The van der Waals surface area contributed by atoms with Crippen molar-refractivity contribution in [1.82, 2.24) is 0 Å². The van der Waals surface area contributed by atoms with Crippen LogP contribution in [0.5, 0.6) is 5.75 Å². The summed E-state index contributed by atoms with van der Waals surface area (Å²) in [7, 11) is 1.57. The van der Waals surface area contributed by atoms with Gasteiger partial charge in [-0.2, -0.15) is 0 Å². The molecule has 2 N–H and O–H groups in total. The van der Waals surface area contributed by atoms with Gasteiger partial charge < -0.3 is 19.8 Å². The van der Waals surface area contributed by atoms with Crippen molar-refractivity contribution in [3.05, 3.63) is 88.2 Å². The van der Waals surface area contributed by atoms with E-state index in [9.17, 15) is 15.0 Å². The van der Waals surface area contributed by atoms with Crippen LogP contribution >= 0.6 is 0 Å². The van der Waals surface area contributed by atoms with Crippen LogP contribution in [0.25, 0.3) is 11.6 Å². The van der Waals surface area contributed by atoms with Gasteiger partial charge in [0.25, 0.3) is 0 Å². The van der Waals surface area contributed by atoms with Crippen LogP contribution in [0.15, 0.2) is 54.6 Å². The minimum absolute atomic E-state index is 0.203. The number of nitrogens with zero attached hydrogens (tertiary/aromatic N) is 1. The first-order valence-corrected chi connectivity index (χ1v) is 11.3. The predicted molar refractivity (Wildman–Crippen MR) is 130 cm³/mol. The second-order valence-corrected chi connectivity index (χ2v) is 9.07. The summed E-state index contributed by atoms with van der Waals surface area (Å²) in [5.74, 6) is -1.45. The molecule has 2 aliphatic rings. The quantitative estimate of drug-likeness (QED) is 0.458. The number of aryl methyl sites for hydroxylation is 1. The maximum atomic E-state index is 15.4. The molecule has 0 radical (unpaired) electrons. The first kappa shape index (κ1) is 22.2. The van der Waals surface area contributed by atoms with Crippen molar-refractivity contribution in [2.24, 2.45) is 0 Å². The molecule has 6 heteroatoms. The Kier molecular flexibility index (Phi) is 5.21. The molecule has 1 atom stereocenters. The van der Waals surface area contributed by atoms with Gasteiger partial charge >= 0.3 is 5.97 Å². The van der Waals surface area contributed by atoms with Gasteiger partial charge in [0.1, 0.15) is 17.1 Å². The van der Waals surface area contributed by atoms with Gasteiger partial charge in [-0.15, -0.1) is 0 Å². The fourth-order valence-electron chi connectivity index (χ4n) is 4.98. The number of halogens is 1. The summed E-state index contributed by atoms with van der Waals surface area (Å²) in [4.78, 5) is 13.2. The fourth-order valence-corrected chi connectivity index (χ4v) is 4.98. The van der Waals surface area contributed by atoms with E-state index in [2.05, 4.69) is 25.1 Å². The molecule has 0 amide bonds. The third-order valence-corrected chi connectivity index (χ3v) is 6.96.